The van der Waals surface area contributed by atoms with Crippen molar-refractivity contribution in [2.24, 2.45) is 5.73 Å². The Labute approximate surface area is 86.3 Å². The van der Waals surface area contributed by atoms with Gasteiger partial charge in [-0.15, -0.1) is 0 Å². The number of thiocarbonyl (C=S) groups is 1. The Hall–Kier alpha value is -1.23. The van der Waals surface area contributed by atoms with Crippen molar-refractivity contribution in [2.75, 3.05) is 19.0 Å². The van der Waals surface area contributed by atoms with Gasteiger partial charge in [0.05, 0.1) is 5.69 Å². The maximum absolute atomic E-state index is 13.3. The van der Waals surface area contributed by atoms with Crippen LogP contribution in [0.3, 0.4) is 0 Å². The molecule has 0 amide bonds. The molecule has 0 aliphatic heterocycles. The van der Waals surface area contributed by atoms with E-state index in [1.165, 1.54) is 17.0 Å². The van der Waals surface area contributed by atoms with Crippen LogP contribution in [0.2, 0.25) is 0 Å². The summed E-state index contributed by atoms with van der Waals surface area (Å²) in [5.74, 6) is -1.93. The molecule has 0 fully saturated rings. The molecule has 5 heteroatoms. The van der Waals surface area contributed by atoms with Crippen LogP contribution in [0.25, 0.3) is 0 Å². The van der Waals surface area contributed by atoms with Crippen LogP contribution in [0.15, 0.2) is 12.1 Å². The van der Waals surface area contributed by atoms with Gasteiger partial charge in [0.25, 0.3) is 0 Å². The Kier molecular flexibility index (Phi) is 3.00. The quantitative estimate of drug-likeness (QED) is 0.762. The van der Waals surface area contributed by atoms with Crippen molar-refractivity contribution >= 4 is 22.9 Å². The fourth-order valence-corrected chi connectivity index (χ4v) is 1.23. The van der Waals surface area contributed by atoms with E-state index in [1.807, 2.05) is 0 Å². The smallest absolute Gasteiger partial charge is 0.182 e. The molecule has 2 nitrogen and oxygen atoms in total. The van der Waals surface area contributed by atoms with Gasteiger partial charge in [0, 0.05) is 19.7 Å². The largest absolute Gasteiger partial charge is 0.389 e. The molecular formula is C9H10F2N2S. The topological polar surface area (TPSA) is 29.3 Å². The lowest BCUT2D eigenvalue weighted by Gasteiger charge is -2.14. The van der Waals surface area contributed by atoms with Gasteiger partial charge >= 0.3 is 0 Å². The Balaban J connectivity index is 3.33. The molecule has 0 aromatic heterocycles. The van der Waals surface area contributed by atoms with E-state index in [4.69, 9.17) is 5.73 Å². The van der Waals surface area contributed by atoms with Gasteiger partial charge in [0.15, 0.2) is 11.6 Å². The monoisotopic (exact) mass is 216 g/mol. The number of anilines is 1. The molecule has 76 valence electrons. The van der Waals surface area contributed by atoms with Crippen molar-refractivity contribution in [2.45, 2.75) is 0 Å². The second-order valence-electron chi connectivity index (χ2n) is 3.02. The molecule has 1 aromatic carbocycles. The molecule has 0 saturated carbocycles. The average molecular weight is 216 g/mol. The number of rotatable bonds is 2. The Morgan fingerprint density at radius 1 is 1.29 bits per heavy atom. The van der Waals surface area contributed by atoms with Crippen LogP contribution >= 0.6 is 12.2 Å². The van der Waals surface area contributed by atoms with E-state index in [-0.39, 0.29) is 16.2 Å². The average Bonchev–Trinajstić information content (AvgIpc) is 2.08. The highest BCUT2D eigenvalue weighted by molar-refractivity contribution is 7.80. The summed E-state index contributed by atoms with van der Waals surface area (Å²) in [6.45, 7) is 0. The zero-order valence-electron chi connectivity index (χ0n) is 7.84. The maximum Gasteiger partial charge on any atom is 0.182 e. The minimum Gasteiger partial charge on any atom is -0.389 e. The second kappa shape index (κ2) is 3.88. The van der Waals surface area contributed by atoms with Gasteiger partial charge in [-0.25, -0.2) is 8.78 Å². The zero-order valence-corrected chi connectivity index (χ0v) is 8.66. The molecule has 0 aliphatic carbocycles. The molecule has 14 heavy (non-hydrogen) atoms. The van der Waals surface area contributed by atoms with E-state index >= 15 is 0 Å². The standard InChI is InChI=1S/C9H10F2N2S/c1-13(2)6-4-3-5(9(12)14)7(10)8(6)11/h3-4H,1-2H3,(H2,12,14). The molecular weight excluding hydrogens is 206 g/mol. The van der Waals surface area contributed by atoms with Crippen LogP contribution in [0.4, 0.5) is 14.5 Å². The minimum absolute atomic E-state index is 0.0666. The van der Waals surface area contributed by atoms with Crippen LogP contribution in [0.1, 0.15) is 5.56 Å². The number of hydrogen-bond acceptors (Lipinski definition) is 2. The highest BCUT2D eigenvalue weighted by Crippen LogP contribution is 2.22. The minimum atomic E-state index is -0.997. The SMILES string of the molecule is CN(C)c1ccc(C(N)=S)c(F)c1F. The summed E-state index contributed by atoms with van der Waals surface area (Å²) in [6.07, 6.45) is 0. The van der Waals surface area contributed by atoms with Gasteiger partial charge in [-0.2, -0.15) is 0 Å². The Morgan fingerprint density at radius 2 is 1.86 bits per heavy atom. The number of nitrogens with zero attached hydrogens (tertiary/aromatic N) is 1. The van der Waals surface area contributed by atoms with Gasteiger partial charge in [-0.3, -0.25) is 0 Å². The van der Waals surface area contributed by atoms with E-state index < -0.39 is 11.6 Å². The lowest BCUT2D eigenvalue weighted by atomic mass is 10.1. The third kappa shape index (κ3) is 1.82. The third-order valence-corrected chi connectivity index (χ3v) is 2.03. The zero-order chi connectivity index (χ0) is 10.9. The molecule has 0 unspecified atom stereocenters. The van der Waals surface area contributed by atoms with Crippen molar-refractivity contribution in [1.29, 1.82) is 0 Å². The van der Waals surface area contributed by atoms with Gasteiger partial charge in [-0.05, 0) is 12.1 Å². The van der Waals surface area contributed by atoms with E-state index in [0.29, 0.717) is 0 Å². The summed E-state index contributed by atoms with van der Waals surface area (Å²) in [7, 11) is 3.25. The number of hydrogen-bond donors (Lipinski definition) is 1. The van der Waals surface area contributed by atoms with Crippen LogP contribution in [-0.4, -0.2) is 19.1 Å². The lowest BCUT2D eigenvalue weighted by molar-refractivity contribution is 0.507. The van der Waals surface area contributed by atoms with E-state index in [2.05, 4.69) is 12.2 Å². The predicted molar refractivity (Wildman–Crippen MR) is 56.6 cm³/mol. The summed E-state index contributed by atoms with van der Waals surface area (Å²) in [6, 6.07) is 2.81. The summed E-state index contributed by atoms with van der Waals surface area (Å²) >= 11 is 4.58. The fraction of sp³-hybridized carbons (Fsp3) is 0.222. The van der Waals surface area contributed by atoms with Crippen LogP contribution in [0.5, 0.6) is 0 Å². The fourth-order valence-electron chi connectivity index (χ4n) is 1.07. The summed E-state index contributed by atoms with van der Waals surface area (Å²) in [5.41, 5.74) is 5.32. The van der Waals surface area contributed by atoms with E-state index in [0.717, 1.165) is 0 Å². The van der Waals surface area contributed by atoms with Crippen LogP contribution in [0, 0.1) is 11.6 Å². The highest BCUT2D eigenvalue weighted by atomic mass is 32.1. The Bertz CT molecular complexity index is 377. The van der Waals surface area contributed by atoms with Gasteiger partial charge in [0.1, 0.15) is 4.99 Å². The first kappa shape index (κ1) is 10.8. The molecule has 0 atom stereocenters. The van der Waals surface area contributed by atoms with Crippen molar-refractivity contribution in [3.05, 3.63) is 29.3 Å². The first-order chi connectivity index (χ1) is 6.45. The molecule has 2 N–H and O–H groups in total. The van der Waals surface area contributed by atoms with Crippen molar-refractivity contribution in [3.63, 3.8) is 0 Å². The van der Waals surface area contributed by atoms with E-state index in [1.54, 1.807) is 14.1 Å². The van der Waals surface area contributed by atoms with Crippen molar-refractivity contribution in [1.82, 2.24) is 0 Å². The number of halogens is 2. The Morgan fingerprint density at radius 3 is 2.29 bits per heavy atom. The summed E-state index contributed by atoms with van der Waals surface area (Å²) in [4.78, 5) is 1.33. The van der Waals surface area contributed by atoms with Gasteiger partial charge < -0.3 is 10.6 Å². The lowest BCUT2D eigenvalue weighted by Crippen LogP contribution is -2.16. The first-order valence-corrected chi connectivity index (χ1v) is 4.31. The predicted octanol–water partition coefficient (Wildman–Crippen LogP) is 1.66. The first-order valence-electron chi connectivity index (χ1n) is 3.90. The third-order valence-electron chi connectivity index (χ3n) is 1.81. The number of nitrogens with two attached hydrogens (primary N) is 1. The van der Waals surface area contributed by atoms with Gasteiger partial charge in [0.2, 0.25) is 0 Å². The van der Waals surface area contributed by atoms with Gasteiger partial charge in [-0.1, -0.05) is 12.2 Å². The maximum atomic E-state index is 13.3. The van der Waals surface area contributed by atoms with E-state index in [9.17, 15) is 8.78 Å². The number of benzene rings is 1. The summed E-state index contributed by atoms with van der Waals surface area (Å²) < 4.78 is 26.6. The molecule has 0 heterocycles. The molecule has 0 radical (unpaired) electrons. The van der Waals surface area contributed by atoms with Crippen molar-refractivity contribution < 1.29 is 8.78 Å². The molecule has 1 aromatic rings. The van der Waals surface area contributed by atoms with Crippen LogP contribution < -0.4 is 10.6 Å². The second-order valence-corrected chi connectivity index (χ2v) is 3.46. The van der Waals surface area contributed by atoms with Crippen molar-refractivity contribution in [3.8, 4) is 0 Å². The molecule has 0 spiro atoms. The summed E-state index contributed by atoms with van der Waals surface area (Å²) in [5, 5.41) is 0. The molecule has 0 aliphatic rings. The molecule has 1 rings (SSSR count). The molecule has 0 bridgehead atoms. The molecule has 0 saturated heterocycles. The highest BCUT2D eigenvalue weighted by Gasteiger charge is 2.15. The van der Waals surface area contributed by atoms with Crippen LogP contribution in [-0.2, 0) is 0 Å². The normalized spacial score (nSPS) is 10.0.